The molecule has 0 radical (unpaired) electrons. The lowest BCUT2D eigenvalue weighted by molar-refractivity contribution is -0.137. The Morgan fingerprint density at radius 3 is 2.41 bits per heavy atom. The maximum Gasteiger partial charge on any atom is 0.275 e. The highest BCUT2D eigenvalue weighted by Gasteiger charge is 2.48. The number of fused-ring (bicyclic) bond motifs is 1. The smallest absolute Gasteiger partial charge is 0.275 e. The number of halogens is 3. The Balaban J connectivity index is 0.882. The highest BCUT2D eigenvalue weighted by atomic mass is 35.5. The van der Waals surface area contributed by atoms with Gasteiger partial charge in [-0.3, -0.25) is 34.4 Å². The summed E-state index contributed by atoms with van der Waals surface area (Å²) in [5.74, 6) is -3.68. The van der Waals surface area contributed by atoms with Gasteiger partial charge < -0.3 is 4.90 Å². The number of piperidine rings is 2. The lowest BCUT2D eigenvalue weighted by atomic mass is 9.72. The molecule has 2 aromatic rings. The Hall–Kier alpha value is -3.18. The number of piperazine rings is 1. The number of aryl methyl sites for hydroxylation is 1. The van der Waals surface area contributed by atoms with Crippen LogP contribution < -0.4 is 5.32 Å². The molecule has 0 spiro atoms. The Bertz CT molecular complexity index is 1690. The van der Waals surface area contributed by atoms with Crippen molar-refractivity contribution in [2.45, 2.75) is 89.8 Å². The molecule has 5 aliphatic rings. The van der Waals surface area contributed by atoms with Crippen molar-refractivity contribution in [3.8, 4) is 0 Å². The Morgan fingerprint density at radius 2 is 1.69 bits per heavy atom. The second-order valence-corrected chi connectivity index (χ2v) is 16.5. The first-order valence-electron chi connectivity index (χ1n) is 18.7. The van der Waals surface area contributed by atoms with Crippen molar-refractivity contribution in [2.75, 3.05) is 52.4 Å². The average molecular weight is 722 g/mol. The fraction of sp³-hybridized carbons (Fsp3) is 0.575. The molecule has 2 atom stereocenters. The number of hydrogen-bond donors (Lipinski definition) is 1. The predicted molar refractivity (Wildman–Crippen MR) is 195 cm³/mol. The van der Waals surface area contributed by atoms with Gasteiger partial charge in [0.15, 0.2) is 0 Å². The van der Waals surface area contributed by atoms with Crippen molar-refractivity contribution < 1.29 is 23.2 Å². The number of rotatable bonds is 9. The van der Waals surface area contributed by atoms with E-state index in [2.05, 4.69) is 36.2 Å². The van der Waals surface area contributed by atoms with E-state index in [1.807, 2.05) is 40.1 Å². The molecular formula is C40H50ClF2N5O3. The van der Waals surface area contributed by atoms with E-state index in [0.29, 0.717) is 51.1 Å². The van der Waals surface area contributed by atoms with Crippen LogP contribution in [-0.4, -0.2) is 108 Å². The van der Waals surface area contributed by atoms with Crippen molar-refractivity contribution >= 4 is 34.9 Å². The third kappa shape index (κ3) is 8.09. The van der Waals surface area contributed by atoms with Gasteiger partial charge in [0.25, 0.3) is 11.8 Å². The van der Waals surface area contributed by atoms with Crippen molar-refractivity contribution in [2.24, 2.45) is 5.41 Å². The lowest BCUT2D eigenvalue weighted by Crippen LogP contribution is -2.62. The topological polar surface area (TPSA) is 76.2 Å². The second-order valence-electron chi connectivity index (χ2n) is 16.1. The number of benzene rings is 2. The largest absolute Gasteiger partial charge is 0.322 e. The number of amides is 3. The molecule has 2 aromatic carbocycles. The van der Waals surface area contributed by atoms with Gasteiger partial charge in [0.05, 0.1) is 12.6 Å². The zero-order valence-electron chi connectivity index (χ0n) is 29.9. The Kier molecular flexibility index (Phi) is 10.4. The van der Waals surface area contributed by atoms with Crippen LogP contribution in [0.2, 0.25) is 5.02 Å². The second kappa shape index (κ2) is 14.7. The van der Waals surface area contributed by atoms with Gasteiger partial charge in [0, 0.05) is 62.8 Å². The van der Waals surface area contributed by atoms with Crippen LogP contribution in [-0.2, 0) is 22.6 Å². The molecule has 0 aromatic heterocycles. The van der Waals surface area contributed by atoms with Gasteiger partial charge >= 0.3 is 0 Å². The minimum Gasteiger partial charge on any atom is -0.322 e. The third-order valence-electron chi connectivity index (χ3n) is 11.8. The number of hydrogen-bond acceptors (Lipinski definition) is 6. The van der Waals surface area contributed by atoms with E-state index in [4.69, 9.17) is 11.6 Å². The molecule has 11 heteroatoms. The SMILES string of the molecule is CC1(C)CCC(CN2CCN(C3CCN(CCCc4ccc5c(c4)CN(C4CCC(=O)NC4=O)C5=O)CC3(F)F)CC2)=C(c2ccc(Cl)cc2)C1. The minimum absolute atomic E-state index is 0.188. The van der Waals surface area contributed by atoms with Crippen LogP contribution >= 0.6 is 11.6 Å². The Labute approximate surface area is 305 Å². The number of likely N-dealkylation sites (tertiary alicyclic amines) is 1. The molecule has 7 rings (SSSR count). The van der Waals surface area contributed by atoms with E-state index in [9.17, 15) is 14.4 Å². The number of imide groups is 1. The van der Waals surface area contributed by atoms with Crippen molar-refractivity contribution in [1.82, 2.24) is 24.9 Å². The first-order chi connectivity index (χ1) is 24.3. The zero-order valence-corrected chi connectivity index (χ0v) is 30.6. The molecule has 8 nitrogen and oxygen atoms in total. The molecular weight excluding hydrogens is 672 g/mol. The van der Waals surface area contributed by atoms with Crippen LogP contribution in [0.4, 0.5) is 8.78 Å². The van der Waals surface area contributed by atoms with Crippen molar-refractivity contribution in [3.05, 3.63) is 75.3 Å². The number of nitrogens with zero attached hydrogens (tertiary/aromatic N) is 4. The highest BCUT2D eigenvalue weighted by molar-refractivity contribution is 6.30. The van der Waals surface area contributed by atoms with Crippen molar-refractivity contribution in [1.29, 1.82) is 0 Å². The molecule has 3 fully saturated rings. The lowest BCUT2D eigenvalue weighted by Gasteiger charge is -2.46. The van der Waals surface area contributed by atoms with Gasteiger partial charge in [0.2, 0.25) is 11.8 Å². The van der Waals surface area contributed by atoms with Crippen LogP contribution in [0.1, 0.15) is 85.8 Å². The van der Waals surface area contributed by atoms with Gasteiger partial charge in [-0.05, 0) is 97.4 Å². The van der Waals surface area contributed by atoms with Crippen LogP contribution in [0.5, 0.6) is 0 Å². The molecule has 3 saturated heterocycles. The molecule has 2 unspecified atom stereocenters. The van der Waals surface area contributed by atoms with Gasteiger partial charge in [0.1, 0.15) is 6.04 Å². The first kappa shape index (κ1) is 36.2. The standard InChI is InChI=1S/C40H50ClF2N5O3/c1-39(2)15-13-29(33(23-39)28-6-8-31(41)9-7-28)24-45-18-20-47(21-19-45)35-14-17-46(26-40(35,42)43)16-3-4-27-5-10-32-30(22-27)25-48(38(32)51)34-11-12-36(49)44-37(34)50/h5-10,22,34-35H,3-4,11-21,23-26H2,1-2H3,(H,44,49,50). The van der Waals surface area contributed by atoms with E-state index < -0.39 is 23.9 Å². The highest BCUT2D eigenvalue weighted by Crippen LogP contribution is 2.43. The molecule has 3 amide bonds. The molecule has 0 saturated carbocycles. The molecule has 51 heavy (non-hydrogen) atoms. The first-order valence-corrected chi connectivity index (χ1v) is 19.0. The molecule has 0 bridgehead atoms. The van der Waals surface area contributed by atoms with Crippen LogP contribution in [0.3, 0.4) is 0 Å². The molecule has 1 N–H and O–H groups in total. The number of allylic oxidation sites excluding steroid dienone is 1. The quantitative estimate of drug-likeness (QED) is 0.319. The van der Waals surface area contributed by atoms with E-state index in [1.54, 1.807) is 4.90 Å². The monoisotopic (exact) mass is 721 g/mol. The summed E-state index contributed by atoms with van der Waals surface area (Å²) in [7, 11) is 0. The number of alkyl halides is 2. The molecule has 4 aliphatic heterocycles. The normalized spacial score (nSPS) is 26.1. The van der Waals surface area contributed by atoms with Gasteiger partial charge in [-0.25, -0.2) is 8.78 Å². The summed E-state index contributed by atoms with van der Waals surface area (Å²) in [5.41, 5.74) is 6.91. The number of carbonyl (C=O) groups excluding carboxylic acids is 3. The zero-order chi connectivity index (χ0) is 35.9. The third-order valence-corrected chi connectivity index (χ3v) is 12.1. The number of nitrogens with one attached hydrogen (secondary N) is 1. The van der Waals surface area contributed by atoms with E-state index in [-0.39, 0.29) is 30.2 Å². The average Bonchev–Trinajstić information content (AvgIpc) is 3.41. The number of carbonyl (C=O) groups is 3. The minimum atomic E-state index is -2.77. The van der Waals surface area contributed by atoms with E-state index >= 15 is 8.78 Å². The van der Waals surface area contributed by atoms with Gasteiger partial charge in [-0.15, -0.1) is 0 Å². The summed E-state index contributed by atoms with van der Waals surface area (Å²) in [6.45, 7) is 9.87. The fourth-order valence-corrected chi connectivity index (χ4v) is 9.02. The summed E-state index contributed by atoms with van der Waals surface area (Å²) in [6.07, 6.45) is 5.74. The molecule has 4 heterocycles. The predicted octanol–water partition coefficient (Wildman–Crippen LogP) is 6.02. The van der Waals surface area contributed by atoms with Crippen LogP contribution in [0, 0.1) is 5.41 Å². The van der Waals surface area contributed by atoms with E-state index in [1.165, 1.54) is 16.7 Å². The fourth-order valence-electron chi connectivity index (χ4n) is 8.90. The molecule has 274 valence electrons. The maximum atomic E-state index is 15.7. The van der Waals surface area contributed by atoms with Crippen LogP contribution in [0.15, 0.2) is 48.0 Å². The molecule has 1 aliphatic carbocycles. The van der Waals surface area contributed by atoms with Crippen LogP contribution in [0.25, 0.3) is 5.57 Å². The summed E-state index contributed by atoms with van der Waals surface area (Å²) in [6, 6.07) is 12.6. The summed E-state index contributed by atoms with van der Waals surface area (Å²) in [4.78, 5) is 44.9. The summed E-state index contributed by atoms with van der Waals surface area (Å²) in [5, 5.41) is 3.08. The Morgan fingerprint density at radius 1 is 0.922 bits per heavy atom. The van der Waals surface area contributed by atoms with Gasteiger partial charge in [-0.1, -0.05) is 55.3 Å². The maximum absolute atomic E-state index is 15.7. The van der Waals surface area contributed by atoms with Gasteiger partial charge in [-0.2, -0.15) is 0 Å². The van der Waals surface area contributed by atoms with E-state index in [0.717, 1.165) is 67.9 Å². The van der Waals surface area contributed by atoms with Crippen molar-refractivity contribution in [3.63, 3.8) is 0 Å². The summed E-state index contributed by atoms with van der Waals surface area (Å²) >= 11 is 6.19. The summed E-state index contributed by atoms with van der Waals surface area (Å²) < 4.78 is 31.4.